The number of allylic oxidation sites excluding steroid dienone is 5. The first kappa shape index (κ1) is 14.2. The Hall–Kier alpha value is -0.850. The molecule has 0 aromatic heterocycles. The normalized spacial score (nSPS) is 14.1. The smallest absolute Gasteiger partial charge is 0.101 e. The van der Waals surface area contributed by atoms with E-state index >= 15 is 0 Å². The second kappa shape index (κ2) is 7.44. The molecule has 0 unspecified atom stereocenters. The molecule has 0 N–H and O–H groups in total. The minimum absolute atomic E-state index is 0.0738. The first-order valence-electron chi connectivity index (χ1n) is 5.72. The van der Waals surface area contributed by atoms with Crippen molar-refractivity contribution in [1.82, 2.24) is 0 Å². The van der Waals surface area contributed by atoms with Crippen LogP contribution >= 0.6 is 0 Å². The second-order valence-electron chi connectivity index (χ2n) is 4.19. The SMILES string of the molecule is C=CC(=CC(C)C)C(CCCC)=C(C)F. The molecule has 0 saturated heterocycles. The minimum atomic E-state index is -0.0738. The Morgan fingerprint density at radius 1 is 1.40 bits per heavy atom. The summed E-state index contributed by atoms with van der Waals surface area (Å²) in [5.41, 5.74) is 1.78. The summed E-state index contributed by atoms with van der Waals surface area (Å²) < 4.78 is 13.4. The third kappa shape index (κ3) is 5.56. The fraction of sp³-hybridized carbons (Fsp3) is 0.571. The molecule has 0 rings (SSSR count). The van der Waals surface area contributed by atoms with Crippen molar-refractivity contribution in [2.24, 2.45) is 5.92 Å². The topological polar surface area (TPSA) is 0 Å². The van der Waals surface area contributed by atoms with E-state index in [0.29, 0.717) is 5.92 Å². The van der Waals surface area contributed by atoms with Gasteiger partial charge >= 0.3 is 0 Å². The van der Waals surface area contributed by atoms with Crippen LogP contribution in [0.15, 0.2) is 35.7 Å². The molecular formula is C14H23F. The van der Waals surface area contributed by atoms with E-state index in [4.69, 9.17) is 0 Å². The van der Waals surface area contributed by atoms with Crippen LogP contribution in [-0.2, 0) is 0 Å². The van der Waals surface area contributed by atoms with E-state index in [0.717, 1.165) is 30.4 Å². The van der Waals surface area contributed by atoms with E-state index in [2.05, 4.69) is 33.4 Å². The lowest BCUT2D eigenvalue weighted by atomic mass is 9.96. The van der Waals surface area contributed by atoms with Gasteiger partial charge in [-0.15, -0.1) is 0 Å². The van der Waals surface area contributed by atoms with Crippen molar-refractivity contribution in [2.75, 3.05) is 0 Å². The lowest BCUT2D eigenvalue weighted by Crippen LogP contribution is -1.93. The van der Waals surface area contributed by atoms with Gasteiger partial charge in [-0.05, 0) is 36.8 Å². The average molecular weight is 210 g/mol. The molecule has 15 heavy (non-hydrogen) atoms. The number of hydrogen-bond acceptors (Lipinski definition) is 0. The van der Waals surface area contributed by atoms with Crippen LogP contribution in [0.25, 0.3) is 0 Å². The van der Waals surface area contributed by atoms with Crippen molar-refractivity contribution < 1.29 is 4.39 Å². The van der Waals surface area contributed by atoms with Crippen LogP contribution in [0.4, 0.5) is 4.39 Å². The third-order valence-corrected chi connectivity index (χ3v) is 2.28. The average Bonchev–Trinajstić information content (AvgIpc) is 2.15. The highest BCUT2D eigenvalue weighted by atomic mass is 19.1. The summed E-state index contributed by atoms with van der Waals surface area (Å²) in [7, 11) is 0. The van der Waals surface area contributed by atoms with E-state index in [1.165, 1.54) is 6.92 Å². The summed E-state index contributed by atoms with van der Waals surface area (Å²) in [5, 5.41) is 0. The molecule has 0 aromatic rings. The quantitative estimate of drug-likeness (QED) is 0.529. The van der Waals surface area contributed by atoms with Gasteiger partial charge < -0.3 is 0 Å². The van der Waals surface area contributed by atoms with Crippen molar-refractivity contribution in [3.8, 4) is 0 Å². The number of unbranched alkanes of at least 4 members (excludes halogenated alkanes) is 1. The Morgan fingerprint density at radius 3 is 2.33 bits per heavy atom. The van der Waals surface area contributed by atoms with E-state index < -0.39 is 0 Å². The Labute approximate surface area is 93.6 Å². The molecule has 86 valence electrons. The van der Waals surface area contributed by atoms with Gasteiger partial charge in [0.25, 0.3) is 0 Å². The fourth-order valence-corrected chi connectivity index (χ4v) is 1.52. The molecule has 0 saturated carbocycles. The minimum Gasteiger partial charge on any atom is -0.212 e. The van der Waals surface area contributed by atoms with E-state index in [-0.39, 0.29) is 5.83 Å². The van der Waals surface area contributed by atoms with Crippen LogP contribution in [0.3, 0.4) is 0 Å². The van der Waals surface area contributed by atoms with Gasteiger partial charge in [-0.3, -0.25) is 0 Å². The Bertz CT molecular complexity index is 253. The van der Waals surface area contributed by atoms with Gasteiger partial charge in [-0.1, -0.05) is 45.9 Å². The Balaban J connectivity index is 4.89. The zero-order valence-corrected chi connectivity index (χ0v) is 10.4. The Morgan fingerprint density at radius 2 is 2.00 bits per heavy atom. The standard InChI is InChI=1S/C14H23F/c1-6-8-9-14(12(5)15)13(7-2)10-11(3)4/h7,10-11H,2,6,8-9H2,1,3-5H3. The molecule has 0 aromatic carbocycles. The summed E-state index contributed by atoms with van der Waals surface area (Å²) >= 11 is 0. The van der Waals surface area contributed by atoms with Crippen LogP contribution in [0.5, 0.6) is 0 Å². The van der Waals surface area contributed by atoms with E-state index in [1.54, 1.807) is 6.08 Å². The lowest BCUT2D eigenvalue weighted by molar-refractivity contribution is 0.616. The van der Waals surface area contributed by atoms with Gasteiger partial charge in [0.05, 0.1) is 0 Å². The second-order valence-corrected chi connectivity index (χ2v) is 4.19. The van der Waals surface area contributed by atoms with E-state index in [9.17, 15) is 4.39 Å². The van der Waals surface area contributed by atoms with Gasteiger partial charge in [0.15, 0.2) is 0 Å². The van der Waals surface area contributed by atoms with Crippen LogP contribution in [-0.4, -0.2) is 0 Å². The van der Waals surface area contributed by atoms with E-state index in [1.807, 2.05) is 0 Å². The van der Waals surface area contributed by atoms with Crippen molar-refractivity contribution in [2.45, 2.75) is 47.0 Å². The van der Waals surface area contributed by atoms with Crippen molar-refractivity contribution in [1.29, 1.82) is 0 Å². The van der Waals surface area contributed by atoms with Crippen molar-refractivity contribution in [3.63, 3.8) is 0 Å². The molecular weight excluding hydrogens is 187 g/mol. The van der Waals surface area contributed by atoms with Gasteiger partial charge in [-0.2, -0.15) is 0 Å². The summed E-state index contributed by atoms with van der Waals surface area (Å²) in [6, 6.07) is 0. The summed E-state index contributed by atoms with van der Waals surface area (Å²) in [6.45, 7) is 11.6. The summed E-state index contributed by atoms with van der Waals surface area (Å²) in [5.74, 6) is 0.351. The zero-order valence-electron chi connectivity index (χ0n) is 10.4. The largest absolute Gasteiger partial charge is 0.212 e. The van der Waals surface area contributed by atoms with Gasteiger partial charge in [-0.25, -0.2) is 4.39 Å². The molecule has 0 nitrogen and oxygen atoms in total. The monoisotopic (exact) mass is 210 g/mol. The van der Waals surface area contributed by atoms with Crippen LogP contribution < -0.4 is 0 Å². The van der Waals surface area contributed by atoms with Gasteiger partial charge in [0, 0.05) is 0 Å². The zero-order chi connectivity index (χ0) is 11.8. The number of halogens is 1. The van der Waals surface area contributed by atoms with Crippen LogP contribution in [0, 0.1) is 5.92 Å². The van der Waals surface area contributed by atoms with Crippen LogP contribution in [0.1, 0.15) is 47.0 Å². The highest BCUT2D eigenvalue weighted by Crippen LogP contribution is 2.24. The van der Waals surface area contributed by atoms with Gasteiger partial charge in [0.2, 0.25) is 0 Å². The highest BCUT2D eigenvalue weighted by Gasteiger charge is 2.06. The number of hydrogen-bond donors (Lipinski definition) is 0. The fourth-order valence-electron chi connectivity index (χ4n) is 1.52. The molecule has 1 heteroatoms. The molecule has 0 aliphatic carbocycles. The molecule has 0 amide bonds. The molecule has 0 bridgehead atoms. The maximum Gasteiger partial charge on any atom is 0.101 e. The van der Waals surface area contributed by atoms with Crippen molar-refractivity contribution in [3.05, 3.63) is 35.7 Å². The molecule has 0 heterocycles. The predicted molar refractivity (Wildman–Crippen MR) is 66.5 cm³/mol. The molecule has 0 fully saturated rings. The number of rotatable bonds is 6. The predicted octanol–water partition coefficient (Wildman–Crippen LogP) is 5.19. The maximum absolute atomic E-state index is 13.4. The molecule has 0 radical (unpaired) electrons. The maximum atomic E-state index is 13.4. The highest BCUT2D eigenvalue weighted by molar-refractivity contribution is 5.40. The summed E-state index contributed by atoms with van der Waals surface area (Å²) in [6.07, 6.45) is 6.75. The third-order valence-electron chi connectivity index (χ3n) is 2.28. The molecule has 0 spiro atoms. The molecule has 0 aliphatic rings. The molecule has 0 atom stereocenters. The molecule has 0 aliphatic heterocycles. The van der Waals surface area contributed by atoms with Gasteiger partial charge in [0.1, 0.15) is 5.83 Å². The summed E-state index contributed by atoms with van der Waals surface area (Å²) in [4.78, 5) is 0. The van der Waals surface area contributed by atoms with Crippen LogP contribution in [0.2, 0.25) is 0 Å². The van der Waals surface area contributed by atoms with Crippen molar-refractivity contribution >= 4 is 0 Å². The first-order chi connectivity index (χ1) is 7.02. The first-order valence-corrected chi connectivity index (χ1v) is 5.72. The lowest BCUT2D eigenvalue weighted by Gasteiger charge is -2.10. The Kier molecular flexibility index (Phi) is 7.02.